The molecule has 3 nitrogen and oxygen atoms in total. The lowest BCUT2D eigenvalue weighted by molar-refractivity contribution is 0.118. The molecule has 2 atom stereocenters. The summed E-state index contributed by atoms with van der Waals surface area (Å²) in [5, 5.41) is 13.3. The van der Waals surface area contributed by atoms with Crippen molar-refractivity contribution >= 4 is 22.6 Å². The van der Waals surface area contributed by atoms with Crippen LogP contribution in [0.1, 0.15) is 37.9 Å². The second-order valence-electron chi connectivity index (χ2n) is 4.40. The fourth-order valence-electron chi connectivity index (χ4n) is 2.20. The molecule has 1 heterocycles. The Morgan fingerprint density at radius 1 is 1.31 bits per heavy atom. The zero-order chi connectivity index (χ0) is 11.4. The minimum atomic E-state index is -0.198. The lowest BCUT2D eigenvalue weighted by Crippen LogP contribution is -2.38. The third-order valence-corrected chi connectivity index (χ3v) is 3.73. The first-order chi connectivity index (χ1) is 7.75. The van der Waals surface area contributed by atoms with Crippen LogP contribution in [0.3, 0.4) is 0 Å². The van der Waals surface area contributed by atoms with Gasteiger partial charge in [0, 0.05) is 6.04 Å². The van der Waals surface area contributed by atoms with Crippen molar-refractivity contribution in [1.82, 2.24) is 5.32 Å². The quantitative estimate of drug-likeness (QED) is 0.659. The van der Waals surface area contributed by atoms with Crippen molar-refractivity contribution in [1.29, 1.82) is 0 Å². The summed E-state index contributed by atoms with van der Waals surface area (Å²) in [6.45, 7) is 0.713. The van der Waals surface area contributed by atoms with E-state index in [1.54, 1.807) is 0 Å². The summed E-state index contributed by atoms with van der Waals surface area (Å²) in [5.41, 5.74) is 0. The highest BCUT2D eigenvalue weighted by molar-refractivity contribution is 14.1. The number of hydrogen-bond donors (Lipinski definition) is 2. The van der Waals surface area contributed by atoms with Crippen molar-refractivity contribution in [3.8, 4) is 0 Å². The second-order valence-corrected chi connectivity index (χ2v) is 5.46. The average molecular weight is 335 g/mol. The zero-order valence-corrected chi connectivity index (χ0v) is 11.4. The smallest absolute Gasteiger partial charge is 0.164 e. The predicted molar refractivity (Wildman–Crippen MR) is 71.1 cm³/mol. The summed E-state index contributed by atoms with van der Waals surface area (Å²) in [6, 6.07) is 4.17. The first kappa shape index (κ1) is 12.4. The van der Waals surface area contributed by atoms with Crippen molar-refractivity contribution < 1.29 is 9.52 Å². The summed E-state index contributed by atoms with van der Waals surface area (Å²) in [5.74, 6) is 0.945. The first-order valence-electron chi connectivity index (χ1n) is 5.91. The number of halogens is 1. The van der Waals surface area contributed by atoms with E-state index in [9.17, 15) is 5.11 Å². The molecule has 1 aliphatic rings. The Labute approximate surface area is 110 Å². The summed E-state index contributed by atoms with van der Waals surface area (Å²) >= 11 is 2.16. The van der Waals surface area contributed by atoms with Crippen LogP contribution in [0.2, 0.25) is 0 Å². The van der Waals surface area contributed by atoms with E-state index in [0.29, 0.717) is 6.54 Å². The molecule has 0 saturated heterocycles. The molecule has 2 unspecified atom stereocenters. The lowest BCUT2D eigenvalue weighted by Gasteiger charge is -2.21. The Morgan fingerprint density at radius 2 is 2.12 bits per heavy atom. The maximum absolute atomic E-state index is 9.94. The van der Waals surface area contributed by atoms with E-state index in [1.807, 2.05) is 12.1 Å². The number of nitrogens with one attached hydrogen (secondary N) is 1. The van der Waals surface area contributed by atoms with Gasteiger partial charge in [0.15, 0.2) is 3.77 Å². The molecule has 90 valence electrons. The minimum Gasteiger partial charge on any atom is -0.454 e. The fourth-order valence-corrected chi connectivity index (χ4v) is 2.67. The van der Waals surface area contributed by atoms with Gasteiger partial charge in [-0.05, 0) is 47.6 Å². The van der Waals surface area contributed by atoms with Crippen LogP contribution in [-0.4, -0.2) is 17.3 Å². The van der Waals surface area contributed by atoms with Gasteiger partial charge in [0.1, 0.15) is 5.76 Å². The van der Waals surface area contributed by atoms with E-state index in [-0.39, 0.29) is 12.1 Å². The molecule has 0 aliphatic heterocycles. The molecule has 1 aromatic heterocycles. The Kier molecular flexibility index (Phi) is 4.66. The first-order valence-corrected chi connectivity index (χ1v) is 6.99. The van der Waals surface area contributed by atoms with Crippen LogP contribution < -0.4 is 5.32 Å². The Balaban J connectivity index is 1.83. The van der Waals surface area contributed by atoms with Gasteiger partial charge in [-0.1, -0.05) is 19.3 Å². The topological polar surface area (TPSA) is 45.4 Å². The summed E-state index contributed by atoms with van der Waals surface area (Å²) in [4.78, 5) is 0. The monoisotopic (exact) mass is 335 g/mol. The molecule has 4 heteroatoms. The Hall–Kier alpha value is -0.0700. The maximum atomic E-state index is 9.94. The van der Waals surface area contributed by atoms with Gasteiger partial charge in [0.25, 0.3) is 0 Å². The molecule has 0 amide bonds. The number of aliphatic hydroxyl groups is 1. The van der Waals surface area contributed by atoms with Gasteiger partial charge in [0.05, 0.1) is 12.6 Å². The number of furan rings is 1. The SMILES string of the molecule is OC1CCCCCC1NCc1ccc(I)o1. The normalized spacial score (nSPS) is 26.6. The van der Waals surface area contributed by atoms with Crippen LogP contribution in [0.15, 0.2) is 16.5 Å². The number of rotatable bonds is 3. The van der Waals surface area contributed by atoms with Gasteiger partial charge in [-0.15, -0.1) is 0 Å². The number of hydrogen-bond acceptors (Lipinski definition) is 3. The van der Waals surface area contributed by atoms with Gasteiger partial charge >= 0.3 is 0 Å². The predicted octanol–water partition coefficient (Wildman–Crippen LogP) is 2.67. The highest BCUT2D eigenvalue weighted by Gasteiger charge is 2.21. The summed E-state index contributed by atoms with van der Waals surface area (Å²) in [6.07, 6.45) is 5.40. The van der Waals surface area contributed by atoms with Crippen LogP contribution in [0.25, 0.3) is 0 Å². The minimum absolute atomic E-state index is 0.198. The van der Waals surface area contributed by atoms with E-state index in [0.717, 1.165) is 28.8 Å². The van der Waals surface area contributed by atoms with Crippen molar-refractivity contribution in [2.45, 2.75) is 50.8 Å². The van der Waals surface area contributed by atoms with E-state index in [1.165, 1.54) is 12.8 Å². The fraction of sp³-hybridized carbons (Fsp3) is 0.667. The molecular formula is C12H18INO2. The van der Waals surface area contributed by atoms with E-state index < -0.39 is 0 Å². The molecule has 1 aliphatic carbocycles. The molecule has 1 saturated carbocycles. The third-order valence-electron chi connectivity index (χ3n) is 3.15. The van der Waals surface area contributed by atoms with Crippen molar-refractivity contribution in [3.05, 3.63) is 21.7 Å². The molecule has 0 bridgehead atoms. The molecule has 2 N–H and O–H groups in total. The molecule has 2 rings (SSSR count). The van der Waals surface area contributed by atoms with Gasteiger partial charge in [-0.2, -0.15) is 0 Å². The highest BCUT2D eigenvalue weighted by Crippen LogP contribution is 2.18. The van der Waals surface area contributed by atoms with E-state index in [2.05, 4.69) is 27.9 Å². The van der Waals surface area contributed by atoms with Crippen LogP contribution in [0.4, 0.5) is 0 Å². The summed E-state index contributed by atoms with van der Waals surface area (Å²) in [7, 11) is 0. The van der Waals surface area contributed by atoms with Crippen LogP contribution >= 0.6 is 22.6 Å². The summed E-state index contributed by atoms with van der Waals surface area (Å²) < 4.78 is 6.40. The van der Waals surface area contributed by atoms with Gasteiger partial charge < -0.3 is 14.8 Å². The van der Waals surface area contributed by atoms with E-state index >= 15 is 0 Å². The van der Waals surface area contributed by atoms with Crippen LogP contribution in [0.5, 0.6) is 0 Å². The van der Waals surface area contributed by atoms with Crippen molar-refractivity contribution in [2.75, 3.05) is 0 Å². The van der Waals surface area contributed by atoms with Crippen molar-refractivity contribution in [2.24, 2.45) is 0 Å². The van der Waals surface area contributed by atoms with Crippen molar-refractivity contribution in [3.63, 3.8) is 0 Å². The Bertz CT molecular complexity index is 327. The maximum Gasteiger partial charge on any atom is 0.164 e. The van der Waals surface area contributed by atoms with Gasteiger partial charge in [0.2, 0.25) is 0 Å². The second kappa shape index (κ2) is 6.02. The zero-order valence-electron chi connectivity index (χ0n) is 9.29. The molecule has 1 aromatic rings. The molecular weight excluding hydrogens is 317 g/mol. The van der Waals surface area contributed by atoms with Crippen LogP contribution in [-0.2, 0) is 6.54 Å². The van der Waals surface area contributed by atoms with Gasteiger partial charge in [-0.25, -0.2) is 0 Å². The number of aliphatic hydroxyl groups excluding tert-OH is 1. The molecule has 0 radical (unpaired) electrons. The van der Waals surface area contributed by atoms with Crippen LogP contribution in [0, 0.1) is 3.77 Å². The molecule has 0 aromatic carbocycles. The molecule has 16 heavy (non-hydrogen) atoms. The molecule has 0 spiro atoms. The van der Waals surface area contributed by atoms with Gasteiger partial charge in [-0.3, -0.25) is 0 Å². The standard InChI is InChI=1S/C12H18INO2/c13-12-7-6-9(16-12)8-14-10-4-2-1-3-5-11(10)15/h6-7,10-11,14-15H,1-5,8H2. The molecule has 1 fully saturated rings. The third kappa shape index (κ3) is 3.46. The van der Waals surface area contributed by atoms with E-state index in [4.69, 9.17) is 4.42 Å². The highest BCUT2D eigenvalue weighted by atomic mass is 127. The average Bonchev–Trinajstić information content (AvgIpc) is 2.56. The largest absolute Gasteiger partial charge is 0.454 e. The Morgan fingerprint density at radius 3 is 2.88 bits per heavy atom. The lowest BCUT2D eigenvalue weighted by atomic mass is 10.1.